The number of nitrogens with one attached hydrogen (secondary N) is 2. The lowest BCUT2D eigenvalue weighted by atomic mass is 10.2. The van der Waals surface area contributed by atoms with Gasteiger partial charge >= 0.3 is 17.8 Å². The normalized spacial score (nSPS) is 11.5. The molecule has 2 aromatic heterocycles. The van der Waals surface area contributed by atoms with Gasteiger partial charge in [0.1, 0.15) is 11.9 Å². The molecule has 3 aromatic rings. The van der Waals surface area contributed by atoms with Gasteiger partial charge in [-0.2, -0.15) is 0 Å². The highest BCUT2D eigenvalue weighted by atomic mass is 32.1. The minimum absolute atomic E-state index is 0.142. The van der Waals surface area contributed by atoms with Gasteiger partial charge in [0.2, 0.25) is 0 Å². The monoisotopic (exact) mass is 414 g/mol. The maximum Gasteiger partial charge on any atom is 0.337 e. The Hall–Kier alpha value is -3.43. The zero-order chi connectivity index (χ0) is 20.8. The van der Waals surface area contributed by atoms with Crippen molar-refractivity contribution in [1.29, 1.82) is 0 Å². The first-order valence-corrected chi connectivity index (χ1v) is 9.37. The minimum atomic E-state index is -0.879. The van der Waals surface area contributed by atoms with E-state index in [9.17, 15) is 19.5 Å². The fraction of sp³-hybridized carbons (Fsp3) is 0.150. The van der Waals surface area contributed by atoms with Gasteiger partial charge in [-0.15, -0.1) is 11.3 Å². The van der Waals surface area contributed by atoms with E-state index in [-0.39, 0.29) is 6.54 Å². The Kier molecular flexibility index (Phi) is 6.43. The smallest absolute Gasteiger partial charge is 0.337 e. The number of carbonyl (C=O) groups excluding carboxylic acids is 3. The Bertz CT molecular complexity index is 994. The number of hydrogen-bond donors (Lipinski definition) is 3. The molecule has 29 heavy (non-hydrogen) atoms. The van der Waals surface area contributed by atoms with Crippen LogP contribution in [0.15, 0.2) is 59.2 Å². The van der Waals surface area contributed by atoms with Gasteiger partial charge in [0.05, 0.1) is 25.5 Å². The number of carbonyl (C=O) groups is 3. The molecule has 0 aliphatic carbocycles. The maximum absolute atomic E-state index is 12.0. The van der Waals surface area contributed by atoms with Crippen molar-refractivity contribution in [3.8, 4) is 0 Å². The van der Waals surface area contributed by atoms with Crippen LogP contribution in [0.2, 0.25) is 0 Å². The molecule has 0 spiro atoms. The third-order valence-electron chi connectivity index (χ3n) is 3.96. The van der Waals surface area contributed by atoms with Crippen molar-refractivity contribution in [3.63, 3.8) is 0 Å². The highest BCUT2D eigenvalue weighted by Gasteiger charge is 2.17. The van der Waals surface area contributed by atoms with Crippen molar-refractivity contribution in [2.75, 3.05) is 12.4 Å². The molecule has 1 atom stereocenters. The topological polar surface area (TPSA) is 118 Å². The second kappa shape index (κ2) is 9.18. The van der Waals surface area contributed by atoms with Crippen LogP contribution >= 0.6 is 11.3 Å². The summed E-state index contributed by atoms with van der Waals surface area (Å²) in [7, 11) is 1.27. The van der Waals surface area contributed by atoms with Crippen LogP contribution in [0.25, 0.3) is 0 Å². The summed E-state index contributed by atoms with van der Waals surface area (Å²) in [6, 6.07) is 12.8. The van der Waals surface area contributed by atoms with Crippen LogP contribution in [0.1, 0.15) is 32.0 Å². The summed E-state index contributed by atoms with van der Waals surface area (Å²) in [5.74, 6) is -1.69. The van der Waals surface area contributed by atoms with Crippen molar-refractivity contribution in [2.45, 2.75) is 12.6 Å². The first-order valence-electron chi connectivity index (χ1n) is 8.55. The van der Waals surface area contributed by atoms with Crippen molar-refractivity contribution in [3.05, 3.63) is 75.9 Å². The molecule has 0 saturated carbocycles. The molecular weight excluding hydrogens is 396 g/mol. The predicted molar refractivity (Wildman–Crippen MR) is 105 cm³/mol. The average Bonchev–Trinajstić information content (AvgIpc) is 3.43. The van der Waals surface area contributed by atoms with Crippen LogP contribution < -0.4 is 10.6 Å². The molecule has 8 nitrogen and oxygen atoms in total. The van der Waals surface area contributed by atoms with E-state index in [2.05, 4.69) is 15.4 Å². The first-order chi connectivity index (χ1) is 14.0. The number of hydrogen-bond acceptors (Lipinski definition) is 7. The third-order valence-corrected chi connectivity index (χ3v) is 5.10. The van der Waals surface area contributed by atoms with Crippen LogP contribution in [-0.2, 0) is 20.9 Å². The molecule has 150 valence electrons. The number of rotatable bonds is 6. The summed E-state index contributed by atoms with van der Waals surface area (Å²) >= 11 is 1.30. The van der Waals surface area contributed by atoms with E-state index in [1.54, 1.807) is 24.3 Å². The van der Waals surface area contributed by atoms with E-state index in [4.69, 9.17) is 4.42 Å². The number of anilines is 1. The van der Waals surface area contributed by atoms with Crippen molar-refractivity contribution in [1.82, 2.24) is 5.32 Å². The molecule has 2 heterocycles. The molecule has 0 aliphatic rings. The Balaban J connectivity index is 1.51. The summed E-state index contributed by atoms with van der Waals surface area (Å²) in [4.78, 5) is 36.9. The standard InChI is InChI=1S/C20H18N2O6S/c1-27-20(26)12-4-6-13(7-5-12)22-19(25)18(24)21-11-14-8-9-16(29-14)17(23)15-3-2-10-28-15/h2-10,17,23H,11H2,1H3,(H,21,24)(H,22,25)/t17-/m1/s1. The Labute approximate surface area is 170 Å². The molecule has 0 saturated heterocycles. The number of ether oxygens (including phenoxy) is 1. The molecule has 1 aromatic carbocycles. The lowest BCUT2D eigenvalue weighted by molar-refractivity contribution is -0.136. The zero-order valence-electron chi connectivity index (χ0n) is 15.4. The van der Waals surface area contributed by atoms with Gasteiger partial charge in [0, 0.05) is 15.4 Å². The van der Waals surface area contributed by atoms with Gasteiger partial charge in [0.25, 0.3) is 0 Å². The summed E-state index contributed by atoms with van der Waals surface area (Å²) in [5.41, 5.74) is 0.706. The first kappa shape index (κ1) is 20.3. The number of benzene rings is 1. The predicted octanol–water partition coefficient (Wildman–Crippen LogP) is 2.46. The van der Waals surface area contributed by atoms with Gasteiger partial charge < -0.3 is 24.9 Å². The molecule has 0 unspecified atom stereocenters. The van der Waals surface area contributed by atoms with Gasteiger partial charge in [-0.05, 0) is 48.5 Å². The molecule has 3 rings (SSSR count). The van der Waals surface area contributed by atoms with Crippen LogP contribution in [0, 0.1) is 0 Å². The number of aliphatic hydroxyl groups is 1. The van der Waals surface area contributed by atoms with Gasteiger partial charge in [-0.3, -0.25) is 9.59 Å². The maximum atomic E-state index is 12.0. The molecule has 2 amide bonds. The van der Waals surface area contributed by atoms with Crippen LogP contribution in [-0.4, -0.2) is 30.0 Å². The number of thiophene rings is 1. The quantitative estimate of drug-likeness (QED) is 0.421. The lowest BCUT2D eigenvalue weighted by Crippen LogP contribution is -2.34. The van der Waals surface area contributed by atoms with Crippen molar-refractivity contribution < 1.29 is 28.6 Å². The Morgan fingerprint density at radius 3 is 2.52 bits per heavy atom. The highest BCUT2D eigenvalue weighted by Crippen LogP contribution is 2.28. The van der Waals surface area contributed by atoms with Gasteiger partial charge in [-0.25, -0.2) is 4.79 Å². The summed E-state index contributed by atoms with van der Waals surface area (Å²) in [6.45, 7) is 0.142. The number of esters is 1. The van der Waals surface area contributed by atoms with Crippen molar-refractivity contribution in [2.24, 2.45) is 0 Å². The number of furan rings is 1. The average molecular weight is 414 g/mol. The number of amides is 2. The molecular formula is C20H18N2O6S. The molecule has 9 heteroatoms. The van der Waals surface area contributed by atoms with Gasteiger partial charge in [0.15, 0.2) is 0 Å². The highest BCUT2D eigenvalue weighted by molar-refractivity contribution is 7.12. The molecule has 3 N–H and O–H groups in total. The van der Waals surface area contributed by atoms with Crippen LogP contribution in [0.4, 0.5) is 5.69 Å². The van der Waals surface area contributed by atoms with E-state index in [1.165, 1.54) is 49.0 Å². The van der Waals surface area contributed by atoms with Crippen LogP contribution in [0.5, 0.6) is 0 Å². The lowest BCUT2D eigenvalue weighted by Gasteiger charge is -2.07. The summed E-state index contributed by atoms with van der Waals surface area (Å²) in [5, 5.41) is 15.2. The molecule has 0 fully saturated rings. The largest absolute Gasteiger partial charge is 0.466 e. The van der Waals surface area contributed by atoms with Gasteiger partial charge in [-0.1, -0.05) is 0 Å². The minimum Gasteiger partial charge on any atom is -0.466 e. The SMILES string of the molecule is COC(=O)c1ccc(NC(=O)C(=O)NCc2ccc([C@H](O)c3ccco3)s2)cc1. The van der Waals surface area contributed by atoms with E-state index >= 15 is 0 Å². The third kappa shape index (κ3) is 5.09. The van der Waals surface area contributed by atoms with Crippen molar-refractivity contribution >= 4 is 34.8 Å². The fourth-order valence-electron chi connectivity index (χ4n) is 2.47. The molecule has 0 radical (unpaired) electrons. The molecule has 0 aliphatic heterocycles. The number of aliphatic hydroxyl groups excluding tert-OH is 1. The summed E-state index contributed by atoms with van der Waals surface area (Å²) in [6.07, 6.45) is 0.602. The second-order valence-corrected chi connectivity index (χ2v) is 7.13. The van der Waals surface area contributed by atoms with E-state index in [0.717, 1.165) is 4.88 Å². The van der Waals surface area contributed by atoms with Crippen LogP contribution in [0.3, 0.4) is 0 Å². The second-order valence-electron chi connectivity index (χ2n) is 5.93. The summed E-state index contributed by atoms with van der Waals surface area (Å²) < 4.78 is 9.78. The molecule has 0 bridgehead atoms. The Morgan fingerprint density at radius 1 is 1.10 bits per heavy atom. The van der Waals surface area contributed by atoms with E-state index in [1.807, 2.05) is 0 Å². The Morgan fingerprint density at radius 2 is 1.86 bits per heavy atom. The van der Waals surface area contributed by atoms with E-state index < -0.39 is 23.9 Å². The number of methoxy groups -OCH3 is 1. The zero-order valence-corrected chi connectivity index (χ0v) is 16.2. The van der Waals surface area contributed by atoms with E-state index in [0.29, 0.717) is 21.9 Å². The fourth-order valence-corrected chi connectivity index (χ4v) is 3.41.